The fraction of sp³-hybridized carbons (Fsp3) is 0.588. The van der Waals surface area contributed by atoms with Crippen molar-refractivity contribution in [3.8, 4) is 0 Å². The quantitative estimate of drug-likeness (QED) is 0.856. The number of carbonyl (C=O) groups excluding carboxylic acids is 1. The number of hydrogen-bond acceptors (Lipinski definition) is 2. The van der Waals surface area contributed by atoms with Gasteiger partial charge < -0.3 is 4.90 Å². The number of likely N-dealkylation sites (tertiary alicyclic amines) is 2. The average Bonchev–Trinajstić information content (AvgIpc) is 3.03. The van der Waals surface area contributed by atoms with E-state index in [0.29, 0.717) is 5.91 Å². The molecule has 0 radical (unpaired) electrons. The number of piperidine rings is 1. The van der Waals surface area contributed by atoms with Gasteiger partial charge in [-0.15, -0.1) is 0 Å². The third kappa shape index (κ3) is 3.78. The Morgan fingerprint density at radius 3 is 2.52 bits per heavy atom. The molecular formula is C17H23ClN2O. The maximum Gasteiger partial charge on any atom is 0.226 e. The summed E-state index contributed by atoms with van der Waals surface area (Å²) >= 11 is 5.93. The first-order valence-electron chi connectivity index (χ1n) is 7.98. The van der Waals surface area contributed by atoms with Crippen LogP contribution in [0.5, 0.6) is 0 Å². The standard InChI is InChI=1S/C17H23ClN2O/c18-16-7-5-14(6-8-16)12-19-9-3-4-15(13-19)17(21)20-10-1-2-11-20/h5-8,15H,1-4,9-13H2. The van der Waals surface area contributed by atoms with Gasteiger partial charge in [-0.2, -0.15) is 0 Å². The third-order valence-electron chi connectivity index (χ3n) is 4.59. The molecule has 0 saturated carbocycles. The van der Waals surface area contributed by atoms with E-state index in [1.807, 2.05) is 12.1 Å². The van der Waals surface area contributed by atoms with Gasteiger partial charge in [-0.05, 0) is 49.9 Å². The molecule has 1 aromatic carbocycles. The zero-order chi connectivity index (χ0) is 14.7. The Bertz CT molecular complexity index is 482. The summed E-state index contributed by atoms with van der Waals surface area (Å²) in [5.41, 5.74) is 1.27. The SMILES string of the molecule is O=C(C1CCCN(Cc2ccc(Cl)cc2)C1)N1CCCC1. The summed E-state index contributed by atoms with van der Waals surface area (Å²) in [6, 6.07) is 8.03. The molecule has 1 aromatic rings. The lowest BCUT2D eigenvalue weighted by Gasteiger charge is -2.34. The van der Waals surface area contributed by atoms with E-state index in [1.54, 1.807) is 0 Å². The predicted molar refractivity (Wildman–Crippen MR) is 85.3 cm³/mol. The Morgan fingerprint density at radius 1 is 1.10 bits per heavy atom. The molecule has 0 aromatic heterocycles. The molecule has 0 bridgehead atoms. The van der Waals surface area contributed by atoms with Crippen LogP contribution in [-0.4, -0.2) is 41.9 Å². The molecule has 1 unspecified atom stereocenters. The highest BCUT2D eigenvalue weighted by Gasteiger charge is 2.30. The normalized spacial score (nSPS) is 23.5. The first-order valence-corrected chi connectivity index (χ1v) is 8.36. The molecule has 2 heterocycles. The van der Waals surface area contributed by atoms with Crippen molar-refractivity contribution < 1.29 is 4.79 Å². The number of benzene rings is 1. The number of halogens is 1. The van der Waals surface area contributed by atoms with E-state index >= 15 is 0 Å². The summed E-state index contributed by atoms with van der Waals surface area (Å²) < 4.78 is 0. The molecule has 0 spiro atoms. The molecule has 2 saturated heterocycles. The van der Waals surface area contributed by atoms with E-state index in [0.717, 1.165) is 50.6 Å². The molecule has 2 fully saturated rings. The second-order valence-corrected chi connectivity index (χ2v) is 6.67. The van der Waals surface area contributed by atoms with Crippen LogP contribution in [0.2, 0.25) is 5.02 Å². The van der Waals surface area contributed by atoms with E-state index in [2.05, 4.69) is 21.9 Å². The number of hydrogen-bond donors (Lipinski definition) is 0. The van der Waals surface area contributed by atoms with Crippen molar-refractivity contribution in [2.45, 2.75) is 32.2 Å². The zero-order valence-corrected chi connectivity index (χ0v) is 13.2. The minimum absolute atomic E-state index is 0.198. The predicted octanol–water partition coefficient (Wildman–Crippen LogP) is 3.17. The summed E-state index contributed by atoms with van der Waals surface area (Å²) in [5.74, 6) is 0.581. The summed E-state index contributed by atoms with van der Waals surface area (Å²) in [6.07, 6.45) is 4.52. The van der Waals surface area contributed by atoms with Crippen LogP contribution in [0.15, 0.2) is 24.3 Å². The average molecular weight is 307 g/mol. The smallest absolute Gasteiger partial charge is 0.226 e. The molecule has 1 amide bonds. The van der Waals surface area contributed by atoms with Gasteiger partial charge in [0, 0.05) is 31.2 Å². The molecule has 3 rings (SSSR count). The number of rotatable bonds is 3. The highest BCUT2D eigenvalue weighted by molar-refractivity contribution is 6.30. The second kappa shape index (κ2) is 6.80. The van der Waals surface area contributed by atoms with E-state index < -0.39 is 0 Å². The van der Waals surface area contributed by atoms with Crippen LogP contribution in [0, 0.1) is 5.92 Å². The van der Waals surface area contributed by atoms with Crippen LogP contribution in [0.3, 0.4) is 0 Å². The van der Waals surface area contributed by atoms with Crippen molar-refractivity contribution in [1.29, 1.82) is 0 Å². The topological polar surface area (TPSA) is 23.6 Å². The van der Waals surface area contributed by atoms with Gasteiger partial charge in [-0.3, -0.25) is 9.69 Å². The number of nitrogens with zero attached hydrogens (tertiary/aromatic N) is 2. The fourth-order valence-electron chi connectivity index (χ4n) is 3.44. The Labute approximate surface area is 131 Å². The van der Waals surface area contributed by atoms with E-state index in [9.17, 15) is 4.79 Å². The Balaban J connectivity index is 1.57. The molecule has 0 N–H and O–H groups in total. The van der Waals surface area contributed by atoms with Crippen LogP contribution in [-0.2, 0) is 11.3 Å². The van der Waals surface area contributed by atoms with Crippen LogP contribution < -0.4 is 0 Å². The van der Waals surface area contributed by atoms with Gasteiger partial charge in [0.2, 0.25) is 5.91 Å². The van der Waals surface area contributed by atoms with Gasteiger partial charge in [0.1, 0.15) is 0 Å². The van der Waals surface area contributed by atoms with Gasteiger partial charge in [-0.25, -0.2) is 0 Å². The Morgan fingerprint density at radius 2 is 1.81 bits per heavy atom. The van der Waals surface area contributed by atoms with Crippen molar-refractivity contribution in [3.05, 3.63) is 34.9 Å². The fourth-order valence-corrected chi connectivity index (χ4v) is 3.57. The van der Waals surface area contributed by atoms with E-state index in [-0.39, 0.29) is 5.92 Å². The first-order chi connectivity index (χ1) is 10.2. The lowest BCUT2D eigenvalue weighted by Crippen LogP contribution is -2.43. The van der Waals surface area contributed by atoms with E-state index in [1.165, 1.54) is 18.4 Å². The summed E-state index contributed by atoms with van der Waals surface area (Å²) in [7, 11) is 0. The highest BCUT2D eigenvalue weighted by atomic mass is 35.5. The van der Waals surface area contributed by atoms with Crippen LogP contribution >= 0.6 is 11.6 Å². The van der Waals surface area contributed by atoms with E-state index in [4.69, 9.17) is 11.6 Å². The third-order valence-corrected chi connectivity index (χ3v) is 4.84. The first kappa shape index (κ1) is 14.9. The molecule has 114 valence electrons. The van der Waals surface area contributed by atoms with Gasteiger partial charge in [0.15, 0.2) is 0 Å². The van der Waals surface area contributed by atoms with Crippen LogP contribution in [0.4, 0.5) is 0 Å². The maximum atomic E-state index is 12.5. The largest absolute Gasteiger partial charge is 0.342 e. The van der Waals surface area contributed by atoms with Gasteiger partial charge in [-0.1, -0.05) is 23.7 Å². The lowest BCUT2D eigenvalue weighted by molar-refractivity contribution is -0.136. The minimum atomic E-state index is 0.198. The molecule has 2 aliphatic rings. The van der Waals surface area contributed by atoms with Gasteiger partial charge in [0.05, 0.1) is 5.92 Å². The molecule has 4 heteroatoms. The van der Waals surface area contributed by atoms with Crippen molar-refractivity contribution in [2.75, 3.05) is 26.2 Å². The summed E-state index contributed by atoms with van der Waals surface area (Å²) in [5, 5.41) is 0.777. The molecular weight excluding hydrogens is 284 g/mol. The molecule has 0 aliphatic carbocycles. The van der Waals surface area contributed by atoms with Crippen LogP contribution in [0.1, 0.15) is 31.2 Å². The summed E-state index contributed by atoms with van der Waals surface area (Å²) in [6.45, 7) is 4.84. The molecule has 1 atom stereocenters. The Hall–Kier alpha value is -1.06. The van der Waals surface area contributed by atoms with Gasteiger partial charge in [0.25, 0.3) is 0 Å². The van der Waals surface area contributed by atoms with Crippen molar-refractivity contribution in [2.24, 2.45) is 5.92 Å². The van der Waals surface area contributed by atoms with Crippen LogP contribution in [0.25, 0.3) is 0 Å². The number of amides is 1. The zero-order valence-electron chi connectivity index (χ0n) is 12.4. The number of carbonyl (C=O) groups is 1. The second-order valence-electron chi connectivity index (χ2n) is 6.23. The van der Waals surface area contributed by atoms with Gasteiger partial charge >= 0.3 is 0 Å². The van der Waals surface area contributed by atoms with Crippen molar-refractivity contribution >= 4 is 17.5 Å². The highest BCUT2D eigenvalue weighted by Crippen LogP contribution is 2.23. The molecule has 21 heavy (non-hydrogen) atoms. The Kier molecular flexibility index (Phi) is 4.81. The molecule has 3 nitrogen and oxygen atoms in total. The monoisotopic (exact) mass is 306 g/mol. The summed E-state index contributed by atoms with van der Waals surface area (Å²) in [4.78, 5) is 17.0. The van der Waals surface area contributed by atoms with Crippen molar-refractivity contribution in [1.82, 2.24) is 9.80 Å². The maximum absolute atomic E-state index is 12.5. The minimum Gasteiger partial charge on any atom is -0.342 e. The molecule has 2 aliphatic heterocycles. The van der Waals surface area contributed by atoms with Crippen molar-refractivity contribution in [3.63, 3.8) is 0 Å². The lowest BCUT2D eigenvalue weighted by atomic mass is 9.96.